The van der Waals surface area contributed by atoms with Gasteiger partial charge in [-0.25, -0.2) is 0 Å². The van der Waals surface area contributed by atoms with Gasteiger partial charge >= 0.3 is 5.97 Å². The summed E-state index contributed by atoms with van der Waals surface area (Å²) in [5, 5.41) is 9.61. The number of carboxylic acid groups (broad SMARTS) is 1. The van der Waals surface area contributed by atoms with E-state index in [1.165, 1.54) is 16.7 Å². The first kappa shape index (κ1) is 19.6. The number of carbonyl (C=O) groups is 1. The van der Waals surface area contributed by atoms with Gasteiger partial charge in [-0.3, -0.25) is 9.69 Å². The first-order valence-electron chi connectivity index (χ1n) is 9.98. The predicted octanol–water partition coefficient (Wildman–Crippen LogP) is 5.41. The van der Waals surface area contributed by atoms with Gasteiger partial charge in [-0.15, -0.1) is 0 Å². The van der Waals surface area contributed by atoms with Gasteiger partial charge in [-0.2, -0.15) is 0 Å². The van der Waals surface area contributed by atoms with E-state index in [2.05, 4.69) is 74.3 Å². The quantitative estimate of drug-likeness (QED) is 0.744. The molecule has 2 aromatic carbocycles. The van der Waals surface area contributed by atoms with Gasteiger partial charge in [-0.1, -0.05) is 67.4 Å². The molecule has 0 spiro atoms. The normalized spacial score (nSPS) is 20.6. The summed E-state index contributed by atoms with van der Waals surface area (Å²) in [4.78, 5) is 14.0. The average Bonchev–Trinajstić information content (AvgIpc) is 2.68. The zero-order valence-corrected chi connectivity index (χ0v) is 16.7. The molecule has 1 N–H and O–H groups in total. The van der Waals surface area contributed by atoms with Gasteiger partial charge in [0, 0.05) is 12.1 Å². The van der Waals surface area contributed by atoms with Crippen LogP contribution in [0.25, 0.3) is 0 Å². The Labute approximate surface area is 163 Å². The van der Waals surface area contributed by atoms with Crippen molar-refractivity contribution in [3.05, 3.63) is 71.3 Å². The number of aliphatic carboxylic acids is 1. The summed E-state index contributed by atoms with van der Waals surface area (Å²) in [7, 11) is 2.15. The van der Waals surface area contributed by atoms with Crippen LogP contribution in [-0.4, -0.2) is 23.0 Å². The van der Waals surface area contributed by atoms with Crippen molar-refractivity contribution in [3.63, 3.8) is 0 Å². The summed E-state index contributed by atoms with van der Waals surface area (Å²) in [6, 6.07) is 19.1. The lowest BCUT2D eigenvalue weighted by Crippen LogP contribution is -2.38. The third-order valence-electron chi connectivity index (χ3n) is 6.32. The Morgan fingerprint density at radius 3 is 2.48 bits per heavy atom. The van der Waals surface area contributed by atoms with Crippen LogP contribution in [0.1, 0.15) is 62.1 Å². The lowest BCUT2D eigenvalue weighted by atomic mass is 9.75. The minimum atomic E-state index is -0.646. The van der Waals surface area contributed by atoms with Gasteiger partial charge in [0.05, 0.1) is 5.92 Å². The molecule has 1 aliphatic rings. The minimum absolute atomic E-state index is 0.0777. The highest BCUT2D eigenvalue weighted by atomic mass is 16.4. The minimum Gasteiger partial charge on any atom is -0.481 e. The molecule has 1 aliphatic carbocycles. The maximum Gasteiger partial charge on any atom is 0.307 e. The Morgan fingerprint density at radius 2 is 1.78 bits per heavy atom. The number of nitrogens with zero attached hydrogens (tertiary/aromatic N) is 1. The topological polar surface area (TPSA) is 40.5 Å². The van der Waals surface area contributed by atoms with Gasteiger partial charge in [0.2, 0.25) is 0 Å². The van der Waals surface area contributed by atoms with Crippen molar-refractivity contribution in [3.8, 4) is 0 Å². The van der Waals surface area contributed by atoms with Gasteiger partial charge in [0.1, 0.15) is 0 Å². The fourth-order valence-electron chi connectivity index (χ4n) is 4.29. The van der Waals surface area contributed by atoms with Crippen molar-refractivity contribution in [1.82, 2.24) is 4.90 Å². The fourth-order valence-corrected chi connectivity index (χ4v) is 4.29. The van der Waals surface area contributed by atoms with Crippen LogP contribution in [0.4, 0.5) is 0 Å². The zero-order chi connectivity index (χ0) is 19.4. The maximum atomic E-state index is 11.7. The van der Waals surface area contributed by atoms with Crippen LogP contribution >= 0.6 is 0 Å². The molecule has 0 amide bonds. The van der Waals surface area contributed by atoms with E-state index >= 15 is 0 Å². The molecule has 0 bridgehead atoms. The van der Waals surface area contributed by atoms with Crippen LogP contribution < -0.4 is 0 Å². The second-order valence-electron chi connectivity index (χ2n) is 8.36. The van der Waals surface area contributed by atoms with Crippen molar-refractivity contribution in [2.75, 3.05) is 7.05 Å². The molecule has 3 heteroatoms. The van der Waals surface area contributed by atoms with Gasteiger partial charge in [-0.05, 0) is 56.3 Å². The van der Waals surface area contributed by atoms with Crippen LogP contribution in [0, 0.1) is 5.92 Å². The summed E-state index contributed by atoms with van der Waals surface area (Å²) in [5.41, 5.74) is 3.65. The Kier molecular flexibility index (Phi) is 6.01. The van der Waals surface area contributed by atoms with E-state index in [-0.39, 0.29) is 17.4 Å². The molecule has 0 unspecified atom stereocenters. The lowest BCUT2D eigenvalue weighted by Gasteiger charge is -2.36. The third kappa shape index (κ3) is 4.41. The second-order valence-corrected chi connectivity index (χ2v) is 8.36. The second kappa shape index (κ2) is 8.26. The molecule has 0 radical (unpaired) electrons. The van der Waals surface area contributed by atoms with E-state index in [4.69, 9.17) is 0 Å². The smallest absolute Gasteiger partial charge is 0.307 e. The Balaban J connectivity index is 1.78. The van der Waals surface area contributed by atoms with E-state index in [1.54, 1.807) is 0 Å². The number of rotatable bonds is 6. The van der Waals surface area contributed by atoms with E-state index < -0.39 is 5.97 Å². The van der Waals surface area contributed by atoms with Crippen LogP contribution in [-0.2, 0) is 16.9 Å². The Bertz CT molecular complexity index is 769. The molecule has 3 rings (SSSR count). The number of hydrogen-bond acceptors (Lipinski definition) is 2. The molecule has 0 heterocycles. The van der Waals surface area contributed by atoms with Gasteiger partial charge in [0.25, 0.3) is 0 Å². The zero-order valence-electron chi connectivity index (χ0n) is 16.7. The monoisotopic (exact) mass is 365 g/mol. The van der Waals surface area contributed by atoms with Crippen molar-refractivity contribution in [2.24, 2.45) is 5.92 Å². The number of hydrogen-bond donors (Lipinski definition) is 1. The highest BCUT2D eigenvalue weighted by molar-refractivity contribution is 5.71. The maximum absolute atomic E-state index is 11.7. The first-order chi connectivity index (χ1) is 12.9. The Morgan fingerprint density at radius 1 is 1.07 bits per heavy atom. The molecule has 27 heavy (non-hydrogen) atoms. The predicted molar refractivity (Wildman–Crippen MR) is 110 cm³/mol. The molecule has 144 valence electrons. The Hall–Kier alpha value is -2.13. The van der Waals surface area contributed by atoms with Crippen molar-refractivity contribution < 1.29 is 9.90 Å². The largest absolute Gasteiger partial charge is 0.481 e. The molecule has 1 fully saturated rings. The first-order valence-corrected chi connectivity index (χ1v) is 9.98. The standard InChI is InChI=1S/C24H31NO2/c1-24(2,20-12-5-4-6-13-20)25(3)17-18-10-9-11-19(16-18)21-14-7-8-15-22(21)23(26)27/h4-6,9-13,16,21-22H,7-8,14-15,17H2,1-3H3,(H,26,27)/t21-,22-/m0/s1. The molecule has 0 saturated heterocycles. The van der Waals surface area contributed by atoms with Crippen LogP contribution in [0.3, 0.4) is 0 Å². The summed E-state index contributed by atoms with van der Waals surface area (Å²) >= 11 is 0. The average molecular weight is 366 g/mol. The molecule has 0 aliphatic heterocycles. The van der Waals surface area contributed by atoms with E-state index in [0.717, 1.165) is 32.2 Å². The SMILES string of the molecule is CN(Cc1cccc([C@@H]2CCCC[C@@H]2C(=O)O)c1)C(C)(C)c1ccccc1. The molecule has 1 saturated carbocycles. The van der Waals surface area contributed by atoms with Crippen molar-refractivity contribution >= 4 is 5.97 Å². The highest BCUT2D eigenvalue weighted by Gasteiger charge is 2.32. The summed E-state index contributed by atoms with van der Waals surface area (Å²) in [6.45, 7) is 5.32. The number of carboxylic acids is 1. The molecule has 0 aromatic heterocycles. The van der Waals surface area contributed by atoms with Crippen molar-refractivity contribution in [2.45, 2.75) is 57.5 Å². The molecular formula is C24H31NO2. The van der Waals surface area contributed by atoms with Gasteiger partial charge in [0.15, 0.2) is 0 Å². The van der Waals surface area contributed by atoms with E-state index in [9.17, 15) is 9.90 Å². The van der Waals surface area contributed by atoms with E-state index in [0.29, 0.717) is 0 Å². The molecular weight excluding hydrogens is 334 g/mol. The summed E-state index contributed by atoms with van der Waals surface area (Å²) in [6.07, 6.45) is 3.93. The molecule has 3 nitrogen and oxygen atoms in total. The van der Waals surface area contributed by atoms with Crippen LogP contribution in [0.2, 0.25) is 0 Å². The fraction of sp³-hybridized carbons (Fsp3) is 0.458. The summed E-state index contributed by atoms with van der Waals surface area (Å²) < 4.78 is 0. The third-order valence-corrected chi connectivity index (χ3v) is 6.32. The van der Waals surface area contributed by atoms with Crippen LogP contribution in [0.15, 0.2) is 54.6 Å². The van der Waals surface area contributed by atoms with E-state index in [1.807, 2.05) is 6.07 Å². The molecule has 2 aromatic rings. The number of benzene rings is 2. The lowest BCUT2D eigenvalue weighted by molar-refractivity contribution is -0.143. The molecule has 2 atom stereocenters. The summed E-state index contributed by atoms with van der Waals surface area (Å²) in [5.74, 6) is -0.747. The highest BCUT2D eigenvalue weighted by Crippen LogP contribution is 2.38. The van der Waals surface area contributed by atoms with Crippen molar-refractivity contribution in [1.29, 1.82) is 0 Å². The van der Waals surface area contributed by atoms with Crippen LogP contribution in [0.5, 0.6) is 0 Å². The van der Waals surface area contributed by atoms with Gasteiger partial charge < -0.3 is 5.11 Å².